The average Bonchev–Trinajstić information content (AvgIpc) is 2.44. The van der Waals surface area contributed by atoms with Crippen LogP contribution in [0.1, 0.15) is 58.3 Å². The third kappa shape index (κ3) is 4.19. The highest BCUT2D eigenvalue weighted by molar-refractivity contribution is 5.80. The molecule has 2 amide bonds. The van der Waals surface area contributed by atoms with Gasteiger partial charge in [0, 0.05) is 25.0 Å². The normalized spacial score (nSPS) is 33.7. The fourth-order valence-electron chi connectivity index (χ4n) is 3.83. The van der Waals surface area contributed by atoms with Gasteiger partial charge in [0.15, 0.2) is 0 Å². The molecule has 2 aliphatic rings. The lowest BCUT2D eigenvalue weighted by Crippen LogP contribution is -2.55. The van der Waals surface area contributed by atoms with E-state index in [1.807, 2.05) is 11.8 Å². The van der Waals surface area contributed by atoms with Crippen LogP contribution in [0, 0.1) is 11.8 Å². The molecule has 2 fully saturated rings. The van der Waals surface area contributed by atoms with Crippen molar-refractivity contribution in [2.24, 2.45) is 23.3 Å². The SMILES string of the molecule is CC1(N)CCCCC1C(=O)N1CCCC(CCC(N)=O)C1. The Bertz CT molecular complexity index is 395. The topological polar surface area (TPSA) is 89.4 Å². The van der Waals surface area contributed by atoms with E-state index < -0.39 is 0 Å². The van der Waals surface area contributed by atoms with Gasteiger partial charge in [0.05, 0.1) is 5.92 Å². The molecular formula is C16H29N3O2. The molecule has 1 heterocycles. The second-order valence-electron chi connectivity index (χ2n) is 7.10. The van der Waals surface area contributed by atoms with E-state index in [1.54, 1.807) is 0 Å². The highest BCUT2D eigenvalue weighted by Gasteiger charge is 2.40. The molecule has 5 heteroatoms. The van der Waals surface area contributed by atoms with Gasteiger partial charge < -0.3 is 16.4 Å². The predicted molar refractivity (Wildman–Crippen MR) is 82.3 cm³/mol. The molecule has 120 valence electrons. The third-order valence-electron chi connectivity index (χ3n) is 5.18. The fourth-order valence-corrected chi connectivity index (χ4v) is 3.83. The van der Waals surface area contributed by atoms with E-state index in [-0.39, 0.29) is 23.3 Å². The number of hydrogen-bond acceptors (Lipinski definition) is 3. The van der Waals surface area contributed by atoms with Gasteiger partial charge in [-0.25, -0.2) is 0 Å². The van der Waals surface area contributed by atoms with Gasteiger partial charge in [-0.2, -0.15) is 0 Å². The zero-order valence-corrected chi connectivity index (χ0v) is 13.1. The molecule has 1 saturated carbocycles. The van der Waals surface area contributed by atoms with Gasteiger partial charge in [0.25, 0.3) is 0 Å². The summed E-state index contributed by atoms with van der Waals surface area (Å²) in [5.41, 5.74) is 11.2. The monoisotopic (exact) mass is 295 g/mol. The summed E-state index contributed by atoms with van der Waals surface area (Å²) in [6.45, 7) is 3.61. The molecule has 0 radical (unpaired) electrons. The number of piperidine rings is 1. The molecule has 0 aromatic carbocycles. The number of carbonyl (C=O) groups excluding carboxylic acids is 2. The summed E-state index contributed by atoms with van der Waals surface area (Å²) in [6, 6.07) is 0. The van der Waals surface area contributed by atoms with Crippen LogP contribution in [0.2, 0.25) is 0 Å². The third-order valence-corrected chi connectivity index (χ3v) is 5.18. The van der Waals surface area contributed by atoms with Crippen molar-refractivity contribution in [3.05, 3.63) is 0 Å². The largest absolute Gasteiger partial charge is 0.370 e. The van der Waals surface area contributed by atoms with Crippen molar-refractivity contribution < 1.29 is 9.59 Å². The van der Waals surface area contributed by atoms with Crippen LogP contribution in [0.5, 0.6) is 0 Å². The molecule has 0 spiro atoms. The summed E-state index contributed by atoms with van der Waals surface area (Å²) in [4.78, 5) is 25.7. The number of amides is 2. The molecule has 2 rings (SSSR count). The van der Waals surface area contributed by atoms with Crippen molar-refractivity contribution >= 4 is 11.8 Å². The standard InChI is InChI=1S/C16H29N3O2/c1-16(18)9-3-2-6-13(16)15(21)19-10-4-5-12(11-19)7-8-14(17)20/h12-13H,2-11,18H2,1H3,(H2,17,20). The van der Waals surface area contributed by atoms with E-state index in [4.69, 9.17) is 11.5 Å². The van der Waals surface area contributed by atoms with Crippen LogP contribution >= 0.6 is 0 Å². The minimum absolute atomic E-state index is 0.0406. The molecule has 3 unspecified atom stereocenters. The fraction of sp³-hybridized carbons (Fsp3) is 0.875. The molecule has 1 saturated heterocycles. The minimum atomic E-state index is -0.366. The molecule has 0 aromatic heterocycles. The van der Waals surface area contributed by atoms with Crippen molar-refractivity contribution in [3.8, 4) is 0 Å². The number of likely N-dealkylation sites (tertiary alicyclic amines) is 1. The van der Waals surface area contributed by atoms with Crippen LogP contribution in [0.25, 0.3) is 0 Å². The van der Waals surface area contributed by atoms with Gasteiger partial charge in [0.2, 0.25) is 11.8 Å². The Morgan fingerprint density at radius 1 is 1.24 bits per heavy atom. The predicted octanol–water partition coefficient (Wildman–Crippen LogP) is 1.40. The maximum Gasteiger partial charge on any atom is 0.227 e. The van der Waals surface area contributed by atoms with E-state index in [1.165, 1.54) is 0 Å². The van der Waals surface area contributed by atoms with Gasteiger partial charge in [-0.1, -0.05) is 12.8 Å². The van der Waals surface area contributed by atoms with Gasteiger partial charge in [-0.3, -0.25) is 9.59 Å². The molecule has 3 atom stereocenters. The zero-order chi connectivity index (χ0) is 15.5. The molecule has 21 heavy (non-hydrogen) atoms. The molecule has 5 nitrogen and oxygen atoms in total. The van der Waals surface area contributed by atoms with Gasteiger partial charge in [0.1, 0.15) is 0 Å². The van der Waals surface area contributed by atoms with Crippen molar-refractivity contribution in [2.75, 3.05) is 13.1 Å². The summed E-state index contributed by atoms with van der Waals surface area (Å²) in [5, 5.41) is 0. The number of rotatable bonds is 4. The molecule has 1 aliphatic carbocycles. The van der Waals surface area contributed by atoms with Crippen LogP contribution in [0.4, 0.5) is 0 Å². The van der Waals surface area contributed by atoms with Crippen LogP contribution in [-0.4, -0.2) is 35.3 Å². The van der Waals surface area contributed by atoms with Gasteiger partial charge >= 0.3 is 0 Å². The Morgan fingerprint density at radius 2 is 2.00 bits per heavy atom. The minimum Gasteiger partial charge on any atom is -0.370 e. The van der Waals surface area contributed by atoms with E-state index in [0.717, 1.165) is 58.0 Å². The second kappa shape index (κ2) is 6.77. The maximum absolute atomic E-state index is 12.8. The van der Waals surface area contributed by atoms with Crippen molar-refractivity contribution in [1.82, 2.24) is 4.90 Å². The first-order valence-electron chi connectivity index (χ1n) is 8.26. The molecule has 1 aliphatic heterocycles. The first-order chi connectivity index (χ1) is 9.90. The number of nitrogens with two attached hydrogens (primary N) is 2. The van der Waals surface area contributed by atoms with Crippen molar-refractivity contribution in [3.63, 3.8) is 0 Å². The van der Waals surface area contributed by atoms with Crippen molar-refractivity contribution in [2.45, 2.75) is 63.8 Å². The average molecular weight is 295 g/mol. The van der Waals surface area contributed by atoms with Crippen molar-refractivity contribution in [1.29, 1.82) is 0 Å². The summed E-state index contributed by atoms with van der Waals surface area (Å²) in [6.07, 6.45) is 7.38. The number of carbonyl (C=O) groups is 2. The second-order valence-corrected chi connectivity index (χ2v) is 7.10. The number of primary amides is 1. The van der Waals surface area contributed by atoms with E-state index in [0.29, 0.717) is 12.3 Å². The highest BCUT2D eigenvalue weighted by Crippen LogP contribution is 2.34. The Labute approximate surface area is 127 Å². The Hall–Kier alpha value is -1.10. The van der Waals surface area contributed by atoms with Crippen LogP contribution in [0.3, 0.4) is 0 Å². The molecule has 0 aromatic rings. The number of hydrogen-bond donors (Lipinski definition) is 2. The maximum atomic E-state index is 12.8. The number of nitrogens with zero attached hydrogens (tertiary/aromatic N) is 1. The van der Waals surface area contributed by atoms with Gasteiger partial charge in [-0.15, -0.1) is 0 Å². The Kier molecular flexibility index (Phi) is 5.25. The first kappa shape index (κ1) is 16.3. The summed E-state index contributed by atoms with van der Waals surface area (Å²) < 4.78 is 0. The van der Waals surface area contributed by atoms with Crippen LogP contribution in [-0.2, 0) is 9.59 Å². The molecular weight excluding hydrogens is 266 g/mol. The summed E-state index contributed by atoms with van der Waals surface area (Å²) in [5.74, 6) is 0.340. The zero-order valence-electron chi connectivity index (χ0n) is 13.1. The molecule has 4 N–H and O–H groups in total. The lowest BCUT2D eigenvalue weighted by Gasteiger charge is -2.42. The Balaban J connectivity index is 1.93. The van der Waals surface area contributed by atoms with E-state index in [9.17, 15) is 9.59 Å². The van der Waals surface area contributed by atoms with E-state index in [2.05, 4.69) is 0 Å². The molecule has 0 bridgehead atoms. The highest BCUT2D eigenvalue weighted by atomic mass is 16.2. The Morgan fingerprint density at radius 3 is 2.67 bits per heavy atom. The quantitative estimate of drug-likeness (QED) is 0.821. The first-order valence-corrected chi connectivity index (χ1v) is 8.26. The van der Waals surface area contributed by atoms with Crippen LogP contribution < -0.4 is 11.5 Å². The lowest BCUT2D eigenvalue weighted by molar-refractivity contribution is -0.140. The van der Waals surface area contributed by atoms with Gasteiger partial charge in [-0.05, 0) is 44.9 Å². The van der Waals surface area contributed by atoms with E-state index >= 15 is 0 Å². The summed E-state index contributed by atoms with van der Waals surface area (Å²) >= 11 is 0. The smallest absolute Gasteiger partial charge is 0.227 e. The lowest BCUT2D eigenvalue weighted by atomic mass is 9.73. The summed E-state index contributed by atoms with van der Waals surface area (Å²) in [7, 11) is 0. The van der Waals surface area contributed by atoms with Crippen LogP contribution in [0.15, 0.2) is 0 Å².